The van der Waals surface area contributed by atoms with E-state index in [2.05, 4.69) is 22.1 Å². The Hall–Kier alpha value is -2.75. The summed E-state index contributed by atoms with van der Waals surface area (Å²) in [4.78, 5) is 16.6. The number of carbonyl (C=O) groups excluding carboxylic acids is 1. The Balaban J connectivity index is 1.76. The quantitative estimate of drug-likeness (QED) is 0.719. The molecule has 2 aromatic carbocycles. The summed E-state index contributed by atoms with van der Waals surface area (Å²) >= 11 is 1.42. The van der Waals surface area contributed by atoms with Crippen LogP contribution in [0, 0.1) is 11.8 Å². The molecule has 0 spiro atoms. The first-order valence-electron chi connectivity index (χ1n) is 7.16. The van der Waals surface area contributed by atoms with Gasteiger partial charge in [0.2, 0.25) is 0 Å². The summed E-state index contributed by atoms with van der Waals surface area (Å²) in [7, 11) is 0. The molecule has 0 aliphatic carbocycles. The number of nitrogens with zero attached hydrogens (tertiary/aromatic N) is 1. The molecule has 3 aromatic rings. The van der Waals surface area contributed by atoms with E-state index >= 15 is 0 Å². The average molecular weight is 340 g/mol. The van der Waals surface area contributed by atoms with Crippen molar-refractivity contribution in [2.45, 2.75) is 6.61 Å². The summed E-state index contributed by atoms with van der Waals surface area (Å²) in [6.45, 7) is -0.794. The monoisotopic (exact) mass is 340 g/mol. The lowest BCUT2D eigenvalue weighted by molar-refractivity contribution is 0.102. The molecule has 6 heteroatoms. The van der Waals surface area contributed by atoms with E-state index in [9.17, 15) is 9.18 Å². The normalized spacial score (nSPS) is 10.2. The van der Waals surface area contributed by atoms with Crippen molar-refractivity contribution in [2.24, 2.45) is 0 Å². The highest BCUT2D eigenvalue weighted by atomic mass is 32.1. The zero-order valence-corrected chi connectivity index (χ0v) is 13.4. The average Bonchev–Trinajstić information content (AvgIpc) is 3.02. The third-order valence-corrected chi connectivity index (χ3v) is 4.29. The molecule has 3 rings (SSSR count). The van der Waals surface area contributed by atoms with E-state index in [1.807, 2.05) is 6.07 Å². The van der Waals surface area contributed by atoms with Gasteiger partial charge in [0.05, 0.1) is 16.8 Å². The number of aromatic nitrogens is 1. The van der Waals surface area contributed by atoms with E-state index in [-0.39, 0.29) is 12.5 Å². The number of halogens is 1. The Kier molecular flexibility index (Phi) is 4.85. The van der Waals surface area contributed by atoms with Crippen LogP contribution in [0.4, 0.5) is 10.1 Å². The number of fused-ring (bicyclic) bond motifs is 1. The van der Waals surface area contributed by atoms with E-state index in [0.717, 1.165) is 10.2 Å². The minimum Gasteiger partial charge on any atom is -0.389 e. The van der Waals surface area contributed by atoms with Gasteiger partial charge in [0.15, 0.2) is 6.67 Å². The van der Waals surface area contributed by atoms with Crippen molar-refractivity contribution in [3.63, 3.8) is 0 Å². The molecule has 0 fully saturated rings. The number of hydrogen-bond acceptors (Lipinski definition) is 4. The lowest BCUT2D eigenvalue weighted by atomic mass is 10.1. The molecule has 0 radical (unpaired) electrons. The number of carbonyl (C=O) groups is 1. The van der Waals surface area contributed by atoms with Crippen molar-refractivity contribution in [1.29, 1.82) is 0 Å². The van der Waals surface area contributed by atoms with E-state index in [1.54, 1.807) is 36.4 Å². The van der Waals surface area contributed by atoms with Gasteiger partial charge >= 0.3 is 0 Å². The minimum absolute atomic E-state index is 0.0985. The lowest BCUT2D eigenvalue weighted by Crippen LogP contribution is -2.11. The highest BCUT2D eigenvalue weighted by molar-refractivity contribution is 7.18. The minimum atomic E-state index is -0.695. The molecule has 0 saturated carbocycles. The fourth-order valence-electron chi connectivity index (χ4n) is 2.16. The molecule has 2 N–H and O–H groups in total. The fourth-order valence-corrected chi connectivity index (χ4v) is 2.97. The summed E-state index contributed by atoms with van der Waals surface area (Å²) in [6.07, 6.45) is 0. The molecular weight excluding hydrogens is 327 g/mol. The second-order valence-corrected chi connectivity index (χ2v) is 6.03. The van der Waals surface area contributed by atoms with Gasteiger partial charge < -0.3 is 10.4 Å². The second-order valence-electron chi connectivity index (χ2n) is 4.92. The number of aliphatic hydroxyl groups excluding tert-OH is 1. The Labute approximate surface area is 142 Å². The topological polar surface area (TPSA) is 62.2 Å². The van der Waals surface area contributed by atoms with Crippen molar-refractivity contribution < 1.29 is 14.3 Å². The number of anilines is 1. The first-order chi connectivity index (χ1) is 11.7. The number of thiazole rings is 1. The van der Waals surface area contributed by atoms with Gasteiger partial charge in [-0.15, -0.1) is 11.3 Å². The van der Waals surface area contributed by atoms with Crippen LogP contribution in [0.15, 0.2) is 42.5 Å². The van der Waals surface area contributed by atoms with Crippen molar-refractivity contribution in [3.8, 4) is 11.8 Å². The Morgan fingerprint density at radius 2 is 2.04 bits per heavy atom. The molecule has 0 saturated heterocycles. The maximum Gasteiger partial charge on any atom is 0.255 e. The van der Waals surface area contributed by atoms with Crippen LogP contribution in [0.5, 0.6) is 0 Å². The molecule has 0 aliphatic heterocycles. The van der Waals surface area contributed by atoms with Crippen LogP contribution in [-0.2, 0) is 6.61 Å². The summed E-state index contributed by atoms with van der Waals surface area (Å²) in [5, 5.41) is 12.6. The smallest absolute Gasteiger partial charge is 0.255 e. The van der Waals surface area contributed by atoms with Gasteiger partial charge in [-0.25, -0.2) is 9.37 Å². The third kappa shape index (κ3) is 3.59. The van der Waals surface area contributed by atoms with E-state index in [1.165, 1.54) is 11.3 Å². The van der Waals surface area contributed by atoms with Gasteiger partial charge in [-0.2, -0.15) is 0 Å². The first kappa shape index (κ1) is 16.1. The predicted octanol–water partition coefficient (Wildman–Crippen LogP) is 3.36. The molecule has 1 aromatic heterocycles. The number of amides is 1. The molecule has 0 atom stereocenters. The number of hydrogen-bond donors (Lipinski definition) is 2. The Morgan fingerprint density at radius 1 is 1.25 bits per heavy atom. The molecule has 4 nitrogen and oxygen atoms in total. The summed E-state index contributed by atoms with van der Waals surface area (Å²) in [6, 6.07) is 12.1. The van der Waals surface area contributed by atoms with Crippen LogP contribution in [0.1, 0.15) is 20.9 Å². The molecule has 1 amide bonds. The van der Waals surface area contributed by atoms with Crippen LogP contribution in [0.25, 0.3) is 10.2 Å². The second kappa shape index (κ2) is 7.21. The fraction of sp³-hybridized carbons (Fsp3) is 0.111. The summed E-state index contributed by atoms with van der Waals surface area (Å²) in [5.41, 5.74) is 2.50. The number of nitrogens with one attached hydrogen (secondary N) is 1. The van der Waals surface area contributed by atoms with Gasteiger partial charge in [-0.3, -0.25) is 4.79 Å². The highest BCUT2D eigenvalue weighted by Crippen LogP contribution is 2.25. The van der Waals surface area contributed by atoms with Crippen LogP contribution in [0.3, 0.4) is 0 Å². The summed E-state index contributed by atoms with van der Waals surface area (Å²) < 4.78 is 13.0. The largest absolute Gasteiger partial charge is 0.389 e. The van der Waals surface area contributed by atoms with Crippen molar-refractivity contribution >= 4 is 33.1 Å². The standard InChI is InChI=1S/C18H13FN2O2S/c19-9-1-2-12-3-5-13(6-4-12)18(23)20-14-7-8-16-15(10-14)21-17(11-22)24-16/h3-8,10,22H,9,11H2,(H,20,23). The maximum absolute atomic E-state index is 12.3. The first-order valence-corrected chi connectivity index (χ1v) is 7.98. The zero-order valence-electron chi connectivity index (χ0n) is 12.5. The van der Waals surface area contributed by atoms with Gasteiger partial charge in [0.25, 0.3) is 5.91 Å². The maximum atomic E-state index is 12.3. The number of rotatable bonds is 3. The summed E-state index contributed by atoms with van der Waals surface area (Å²) in [5.74, 6) is 4.74. The third-order valence-electron chi connectivity index (χ3n) is 3.27. The van der Waals surface area contributed by atoms with Crippen LogP contribution < -0.4 is 5.32 Å². The van der Waals surface area contributed by atoms with Crippen LogP contribution in [0.2, 0.25) is 0 Å². The molecule has 1 heterocycles. The van der Waals surface area contributed by atoms with Gasteiger partial charge in [0, 0.05) is 16.8 Å². The Morgan fingerprint density at radius 3 is 2.75 bits per heavy atom. The SMILES string of the molecule is O=C(Nc1ccc2sc(CO)nc2c1)c1ccc(C#CCF)cc1. The van der Waals surface area contributed by atoms with Crippen LogP contribution in [-0.4, -0.2) is 22.7 Å². The Bertz CT molecular complexity index is 939. The molecule has 120 valence electrons. The predicted molar refractivity (Wildman–Crippen MR) is 92.8 cm³/mol. The van der Waals surface area contributed by atoms with Gasteiger partial charge in [-0.1, -0.05) is 11.8 Å². The van der Waals surface area contributed by atoms with E-state index < -0.39 is 6.67 Å². The molecule has 0 aliphatic rings. The van der Waals surface area contributed by atoms with E-state index in [0.29, 0.717) is 21.8 Å². The van der Waals surface area contributed by atoms with E-state index in [4.69, 9.17) is 5.11 Å². The van der Waals surface area contributed by atoms with Crippen LogP contribution >= 0.6 is 11.3 Å². The van der Waals surface area contributed by atoms with Gasteiger partial charge in [0.1, 0.15) is 5.01 Å². The highest BCUT2D eigenvalue weighted by Gasteiger charge is 2.08. The molecule has 0 unspecified atom stereocenters. The lowest BCUT2D eigenvalue weighted by Gasteiger charge is -2.05. The number of aliphatic hydroxyl groups is 1. The molecule has 0 bridgehead atoms. The van der Waals surface area contributed by atoms with Crippen molar-refractivity contribution in [2.75, 3.05) is 12.0 Å². The number of benzene rings is 2. The zero-order chi connectivity index (χ0) is 16.9. The molecular formula is C18H13FN2O2S. The van der Waals surface area contributed by atoms with Crippen molar-refractivity contribution in [3.05, 3.63) is 58.6 Å². The van der Waals surface area contributed by atoms with Gasteiger partial charge in [-0.05, 0) is 42.5 Å². The molecule has 24 heavy (non-hydrogen) atoms. The van der Waals surface area contributed by atoms with Crippen molar-refractivity contribution in [1.82, 2.24) is 4.98 Å². The number of alkyl halides is 1.